The summed E-state index contributed by atoms with van der Waals surface area (Å²) >= 11 is 0. The molecule has 0 aromatic heterocycles. The normalized spacial score (nSPS) is 13.2. The van der Waals surface area contributed by atoms with Gasteiger partial charge in [-0.15, -0.1) is 0 Å². The van der Waals surface area contributed by atoms with Gasteiger partial charge in [0.2, 0.25) is 0 Å². The van der Waals surface area contributed by atoms with Crippen molar-refractivity contribution in [2.75, 3.05) is 13.4 Å². The van der Waals surface area contributed by atoms with E-state index in [1.165, 1.54) is 38.5 Å². The van der Waals surface area contributed by atoms with Crippen LogP contribution in [0.3, 0.4) is 0 Å². The third-order valence-electron chi connectivity index (χ3n) is 3.92. The standard InChI is InChI=1S/C18H38O4Si/c1-5-6-7-8-9-10-11-12-17(15-18(19)20)22-16-21-13-14-23(2,3)4/h17H,5-16H2,1-4H3,(H,19,20). The Balaban J connectivity index is 3.74. The maximum Gasteiger partial charge on any atom is 0.305 e. The van der Waals surface area contributed by atoms with E-state index in [-0.39, 0.29) is 19.3 Å². The van der Waals surface area contributed by atoms with E-state index in [1.54, 1.807) is 0 Å². The summed E-state index contributed by atoms with van der Waals surface area (Å²) in [5.74, 6) is -0.792. The number of aliphatic carboxylic acids is 1. The van der Waals surface area contributed by atoms with Gasteiger partial charge < -0.3 is 14.6 Å². The van der Waals surface area contributed by atoms with E-state index in [1.807, 2.05) is 0 Å². The molecule has 0 spiro atoms. The van der Waals surface area contributed by atoms with Crippen molar-refractivity contribution in [3.05, 3.63) is 0 Å². The molecule has 1 atom stereocenters. The van der Waals surface area contributed by atoms with Crippen molar-refractivity contribution in [3.63, 3.8) is 0 Å². The Bertz CT molecular complexity index is 289. The molecule has 0 aromatic carbocycles. The summed E-state index contributed by atoms with van der Waals surface area (Å²) in [5.41, 5.74) is 0. The topological polar surface area (TPSA) is 55.8 Å². The van der Waals surface area contributed by atoms with Gasteiger partial charge in [0.1, 0.15) is 6.79 Å². The average Bonchev–Trinajstić information content (AvgIpc) is 2.43. The van der Waals surface area contributed by atoms with Crippen LogP contribution in [0.5, 0.6) is 0 Å². The molecule has 0 aromatic rings. The fraction of sp³-hybridized carbons (Fsp3) is 0.944. The first-order chi connectivity index (χ1) is 10.8. The molecular weight excluding hydrogens is 308 g/mol. The van der Waals surface area contributed by atoms with Crippen molar-refractivity contribution in [1.82, 2.24) is 0 Å². The molecule has 0 radical (unpaired) electrons. The number of unbranched alkanes of at least 4 members (excludes halogenated alkanes) is 6. The fourth-order valence-corrected chi connectivity index (χ4v) is 3.11. The van der Waals surface area contributed by atoms with Crippen LogP contribution >= 0.6 is 0 Å². The van der Waals surface area contributed by atoms with Crippen molar-refractivity contribution in [3.8, 4) is 0 Å². The highest BCUT2D eigenvalue weighted by Crippen LogP contribution is 2.14. The number of carbonyl (C=O) groups is 1. The number of carboxylic acid groups (broad SMARTS) is 1. The molecule has 0 fully saturated rings. The van der Waals surface area contributed by atoms with E-state index in [9.17, 15) is 4.79 Å². The Labute approximate surface area is 144 Å². The molecule has 138 valence electrons. The molecule has 0 aliphatic rings. The maximum absolute atomic E-state index is 10.9. The van der Waals surface area contributed by atoms with Crippen LogP contribution in [0.4, 0.5) is 0 Å². The summed E-state index contributed by atoms with van der Waals surface area (Å²) in [7, 11) is -1.08. The van der Waals surface area contributed by atoms with E-state index in [4.69, 9.17) is 14.6 Å². The van der Waals surface area contributed by atoms with E-state index in [0.717, 1.165) is 18.9 Å². The largest absolute Gasteiger partial charge is 0.481 e. The molecule has 1 N–H and O–H groups in total. The Morgan fingerprint density at radius 2 is 1.65 bits per heavy atom. The smallest absolute Gasteiger partial charge is 0.305 e. The second-order valence-electron chi connectivity index (χ2n) is 7.63. The Morgan fingerprint density at radius 1 is 1.04 bits per heavy atom. The molecule has 5 heteroatoms. The zero-order chi connectivity index (χ0) is 17.6. The van der Waals surface area contributed by atoms with Gasteiger partial charge in [0.25, 0.3) is 0 Å². The third kappa shape index (κ3) is 17.8. The highest BCUT2D eigenvalue weighted by molar-refractivity contribution is 6.76. The van der Waals surface area contributed by atoms with Crippen molar-refractivity contribution in [2.24, 2.45) is 0 Å². The van der Waals surface area contributed by atoms with Crippen LogP contribution in [0.1, 0.15) is 64.7 Å². The summed E-state index contributed by atoms with van der Waals surface area (Å²) < 4.78 is 11.1. The lowest BCUT2D eigenvalue weighted by Crippen LogP contribution is -2.23. The highest BCUT2D eigenvalue weighted by atomic mass is 28.3. The number of hydrogen-bond donors (Lipinski definition) is 1. The monoisotopic (exact) mass is 346 g/mol. The first-order valence-corrected chi connectivity index (χ1v) is 13.0. The summed E-state index contributed by atoms with van der Waals surface area (Å²) in [4.78, 5) is 10.9. The molecule has 0 amide bonds. The second kappa shape index (κ2) is 14.0. The summed E-state index contributed by atoms with van der Waals surface area (Å²) in [6.07, 6.45) is 9.32. The maximum atomic E-state index is 10.9. The van der Waals surface area contributed by atoms with Crippen LogP contribution in [0.15, 0.2) is 0 Å². The molecule has 0 saturated heterocycles. The van der Waals surface area contributed by atoms with Gasteiger partial charge in [-0.05, 0) is 12.5 Å². The minimum Gasteiger partial charge on any atom is -0.481 e. The van der Waals surface area contributed by atoms with Gasteiger partial charge in [-0.1, -0.05) is 71.5 Å². The van der Waals surface area contributed by atoms with Crippen LogP contribution in [0.2, 0.25) is 25.7 Å². The van der Waals surface area contributed by atoms with Gasteiger partial charge in [0.05, 0.1) is 12.5 Å². The molecule has 4 nitrogen and oxygen atoms in total. The van der Waals surface area contributed by atoms with Crippen molar-refractivity contribution in [1.29, 1.82) is 0 Å². The number of ether oxygens (including phenoxy) is 2. The van der Waals surface area contributed by atoms with Crippen LogP contribution in [-0.2, 0) is 14.3 Å². The minimum atomic E-state index is -1.08. The lowest BCUT2D eigenvalue weighted by atomic mass is 10.0. The molecule has 0 saturated carbocycles. The summed E-state index contributed by atoms with van der Waals surface area (Å²) in [6.45, 7) is 10.1. The van der Waals surface area contributed by atoms with Gasteiger partial charge >= 0.3 is 5.97 Å². The zero-order valence-electron chi connectivity index (χ0n) is 15.7. The van der Waals surface area contributed by atoms with Gasteiger partial charge in [0.15, 0.2) is 0 Å². The molecule has 1 unspecified atom stereocenters. The first-order valence-electron chi connectivity index (χ1n) is 9.26. The van der Waals surface area contributed by atoms with E-state index in [0.29, 0.717) is 6.61 Å². The molecule has 0 aliphatic carbocycles. The zero-order valence-corrected chi connectivity index (χ0v) is 16.7. The van der Waals surface area contributed by atoms with Crippen molar-refractivity contribution in [2.45, 2.75) is 96.5 Å². The predicted octanol–water partition coefficient (Wildman–Crippen LogP) is 5.30. The lowest BCUT2D eigenvalue weighted by molar-refractivity contribution is -0.144. The average molecular weight is 347 g/mol. The lowest BCUT2D eigenvalue weighted by Gasteiger charge is -2.18. The number of rotatable bonds is 16. The Hall–Kier alpha value is -0.393. The third-order valence-corrected chi connectivity index (χ3v) is 5.62. The molecule has 0 rings (SSSR count). The van der Waals surface area contributed by atoms with Gasteiger partial charge in [-0.2, -0.15) is 0 Å². The molecule has 0 bridgehead atoms. The minimum absolute atomic E-state index is 0.0766. The number of carboxylic acids is 1. The van der Waals surface area contributed by atoms with E-state index < -0.39 is 14.0 Å². The van der Waals surface area contributed by atoms with Gasteiger partial charge in [-0.3, -0.25) is 4.79 Å². The van der Waals surface area contributed by atoms with Crippen LogP contribution < -0.4 is 0 Å². The first kappa shape index (κ1) is 22.6. The van der Waals surface area contributed by atoms with Crippen LogP contribution in [0.25, 0.3) is 0 Å². The molecule has 23 heavy (non-hydrogen) atoms. The van der Waals surface area contributed by atoms with Crippen molar-refractivity contribution < 1.29 is 19.4 Å². The Morgan fingerprint density at radius 3 is 2.22 bits per heavy atom. The fourth-order valence-electron chi connectivity index (χ4n) is 2.35. The molecular formula is C18H38O4Si. The van der Waals surface area contributed by atoms with Gasteiger partial charge in [0, 0.05) is 14.7 Å². The van der Waals surface area contributed by atoms with Gasteiger partial charge in [-0.25, -0.2) is 0 Å². The summed E-state index contributed by atoms with van der Waals surface area (Å²) in [5, 5.41) is 8.98. The van der Waals surface area contributed by atoms with E-state index in [2.05, 4.69) is 26.6 Å². The Kier molecular flexibility index (Phi) is 13.8. The van der Waals surface area contributed by atoms with Crippen LogP contribution in [-0.4, -0.2) is 38.7 Å². The quantitative estimate of drug-likeness (QED) is 0.234. The predicted molar refractivity (Wildman–Crippen MR) is 98.7 cm³/mol. The van der Waals surface area contributed by atoms with Crippen LogP contribution in [0, 0.1) is 0 Å². The SMILES string of the molecule is CCCCCCCCCC(CC(=O)O)OCOCC[Si](C)(C)C. The molecule has 0 aliphatic heterocycles. The number of hydrogen-bond acceptors (Lipinski definition) is 3. The van der Waals surface area contributed by atoms with E-state index >= 15 is 0 Å². The second-order valence-corrected chi connectivity index (χ2v) is 13.3. The highest BCUT2D eigenvalue weighted by Gasteiger charge is 2.15. The van der Waals surface area contributed by atoms with Crippen molar-refractivity contribution >= 4 is 14.0 Å². The molecule has 0 heterocycles. The summed E-state index contributed by atoms with van der Waals surface area (Å²) in [6, 6.07) is 1.11.